The van der Waals surface area contributed by atoms with E-state index in [-0.39, 0.29) is 16.2 Å². The van der Waals surface area contributed by atoms with E-state index in [0.29, 0.717) is 57.4 Å². The lowest BCUT2D eigenvalue weighted by Crippen LogP contribution is -2.40. The van der Waals surface area contributed by atoms with Crippen LogP contribution in [0.4, 0.5) is 0 Å². The number of hydrogen-bond donors (Lipinski definition) is 1. The first-order valence-corrected chi connectivity index (χ1v) is 12.1. The van der Waals surface area contributed by atoms with Crippen LogP contribution in [0.1, 0.15) is 29.8 Å². The Morgan fingerprint density at radius 3 is 2.47 bits per heavy atom. The molecule has 0 unspecified atom stereocenters. The van der Waals surface area contributed by atoms with Crippen LogP contribution >= 0.6 is 0 Å². The monoisotopic (exact) mass is 460 g/mol. The van der Waals surface area contributed by atoms with E-state index in [9.17, 15) is 13.2 Å². The van der Waals surface area contributed by atoms with Gasteiger partial charge in [-0.15, -0.1) is 0 Å². The second-order valence-electron chi connectivity index (χ2n) is 8.47. The molecule has 2 aliphatic rings. The zero-order valence-corrected chi connectivity index (χ0v) is 19.1. The minimum absolute atomic E-state index is 0.109. The van der Waals surface area contributed by atoms with Crippen LogP contribution in [0.2, 0.25) is 0 Å². The molecule has 0 aliphatic carbocycles. The van der Waals surface area contributed by atoms with E-state index in [1.165, 1.54) is 16.4 Å². The van der Waals surface area contributed by atoms with E-state index in [1.807, 2.05) is 32.0 Å². The van der Waals surface area contributed by atoms with Crippen molar-refractivity contribution in [3.05, 3.63) is 53.6 Å². The van der Waals surface area contributed by atoms with Crippen LogP contribution in [0.3, 0.4) is 0 Å². The summed E-state index contributed by atoms with van der Waals surface area (Å²) >= 11 is 0. The molecule has 0 spiro atoms. The van der Waals surface area contributed by atoms with E-state index < -0.39 is 10.0 Å². The zero-order chi connectivity index (χ0) is 22.8. The molecule has 0 atom stereocenters. The van der Waals surface area contributed by atoms with Gasteiger partial charge in [0.15, 0.2) is 11.5 Å². The molecule has 9 heteroatoms. The standard InChI is InChI=1S/C23H28N2O6S/c1-23(2,18-6-7-20-21(15-18)31-13-12-30-20)16-24-22(26)17-4-3-5-19(14-17)32(27,28)25-8-10-29-11-9-25/h3-7,14-15H,8-13,16H2,1-2H3,(H,24,26). The molecular formula is C23H28N2O6S. The molecule has 0 aromatic heterocycles. The number of carbonyl (C=O) groups is 1. The molecule has 0 radical (unpaired) electrons. The maximum absolute atomic E-state index is 12.9. The summed E-state index contributed by atoms with van der Waals surface area (Å²) < 4.78 is 43.7. The number of sulfonamides is 1. The van der Waals surface area contributed by atoms with Crippen molar-refractivity contribution >= 4 is 15.9 Å². The number of rotatable bonds is 6. The highest BCUT2D eigenvalue weighted by Crippen LogP contribution is 2.35. The number of nitrogens with one attached hydrogen (secondary N) is 1. The molecular weight excluding hydrogens is 432 g/mol. The van der Waals surface area contributed by atoms with E-state index in [0.717, 1.165) is 11.3 Å². The first-order valence-electron chi connectivity index (χ1n) is 10.6. The lowest BCUT2D eigenvalue weighted by Gasteiger charge is -2.28. The van der Waals surface area contributed by atoms with Crippen molar-refractivity contribution in [3.63, 3.8) is 0 Å². The molecule has 1 amide bonds. The lowest BCUT2D eigenvalue weighted by molar-refractivity contribution is 0.0730. The molecule has 0 saturated carbocycles. The van der Waals surface area contributed by atoms with Crippen LogP contribution in [-0.4, -0.2) is 64.7 Å². The van der Waals surface area contributed by atoms with E-state index in [2.05, 4.69) is 5.32 Å². The predicted octanol–water partition coefficient (Wildman–Crippen LogP) is 2.19. The second-order valence-corrected chi connectivity index (χ2v) is 10.4. The van der Waals surface area contributed by atoms with E-state index in [4.69, 9.17) is 14.2 Å². The molecule has 1 saturated heterocycles. The predicted molar refractivity (Wildman–Crippen MR) is 119 cm³/mol. The average molecular weight is 461 g/mol. The molecule has 172 valence electrons. The minimum Gasteiger partial charge on any atom is -0.486 e. The summed E-state index contributed by atoms with van der Waals surface area (Å²) in [4.78, 5) is 12.9. The van der Waals surface area contributed by atoms with Gasteiger partial charge in [-0.2, -0.15) is 4.31 Å². The SMILES string of the molecule is CC(C)(CNC(=O)c1cccc(S(=O)(=O)N2CCOCC2)c1)c1ccc2c(c1)OCCO2. The van der Waals surface area contributed by atoms with Gasteiger partial charge in [0.1, 0.15) is 13.2 Å². The summed E-state index contributed by atoms with van der Waals surface area (Å²) in [6.07, 6.45) is 0. The molecule has 0 bridgehead atoms. The van der Waals surface area contributed by atoms with Crippen LogP contribution in [0, 0.1) is 0 Å². The van der Waals surface area contributed by atoms with Gasteiger partial charge in [-0.1, -0.05) is 26.0 Å². The van der Waals surface area contributed by atoms with Gasteiger partial charge in [0.2, 0.25) is 10.0 Å². The summed E-state index contributed by atoms with van der Waals surface area (Å²) in [6, 6.07) is 11.9. The highest BCUT2D eigenvalue weighted by Gasteiger charge is 2.28. The lowest BCUT2D eigenvalue weighted by atomic mass is 9.84. The van der Waals surface area contributed by atoms with Gasteiger partial charge in [0, 0.05) is 30.6 Å². The molecule has 2 aliphatic heterocycles. The zero-order valence-electron chi connectivity index (χ0n) is 18.3. The van der Waals surface area contributed by atoms with Crippen molar-refractivity contribution in [1.82, 2.24) is 9.62 Å². The number of benzene rings is 2. The number of carbonyl (C=O) groups excluding carboxylic acids is 1. The Hall–Kier alpha value is -2.62. The third kappa shape index (κ3) is 4.74. The van der Waals surface area contributed by atoms with Crippen molar-refractivity contribution in [2.24, 2.45) is 0 Å². The first kappa shape index (κ1) is 22.6. The van der Waals surface area contributed by atoms with Crippen molar-refractivity contribution in [1.29, 1.82) is 0 Å². The summed E-state index contributed by atoms with van der Waals surface area (Å²) in [7, 11) is -3.67. The Balaban J connectivity index is 1.45. The molecule has 2 aromatic rings. The molecule has 4 rings (SSSR count). The van der Waals surface area contributed by atoms with Gasteiger partial charge in [0.25, 0.3) is 5.91 Å². The van der Waals surface area contributed by atoms with Crippen LogP contribution in [-0.2, 0) is 20.2 Å². The maximum atomic E-state index is 12.9. The second kappa shape index (κ2) is 9.09. The molecule has 2 aromatic carbocycles. The van der Waals surface area contributed by atoms with Gasteiger partial charge >= 0.3 is 0 Å². The van der Waals surface area contributed by atoms with Crippen LogP contribution < -0.4 is 14.8 Å². The Labute approximate surface area is 188 Å². The van der Waals surface area contributed by atoms with Crippen molar-refractivity contribution in [2.75, 3.05) is 46.1 Å². The van der Waals surface area contributed by atoms with Crippen LogP contribution in [0.25, 0.3) is 0 Å². The quantitative estimate of drug-likeness (QED) is 0.710. The minimum atomic E-state index is -3.67. The van der Waals surface area contributed by atoms with Gasteiger partial charge in [-0.25, -0.2) is 8.42 Å². The van der Waals surface area contributed by atoms with E-state index in [1.54, 1.807) is 12.1 Å². The topological polar surface area (TPSA) is 94.2 Å². The van der Waals surface area contributed by atoms with Crippen LogP contribution in [0.15, 0.2) is 47.4 Å². The highest BCUT2D eigenvalue weighted by molar-refractivity contribution is 7.89. The summed E-state index contributed by atoms with van der Waals surface area (Å²) in [5.41, 5.74) is 0.936. The highest BCUT2D eigenvalue weighted by atomic mass is 32.2. The van der Waals surface area contributed by atoms with E-state index >= 15 is 0 Å². The number of nitrogens with zero attached hydrogens (tertiary/aromatic N) is 1. The number of amides is 1. The third-order valence-corrected chi connectivity index (χ3v) is 7.61. The molecule has 1 N–H and O–H groups in total. The summed E-state index contributed by atoms with van der Waals surface area (Å²) in [6.45, 7) is 6.82. The fourth-order valence-corrected chi connectivity index (χ4v) is 5.16. The molecule has 2 heterocycles. The Kier molecular flexibility index (Phi) is 6.41. The Morgan fingerprint density at radius 2 is 1.72 bits per heavy atom. The Bertz CT molecular complexity index is 1090. The van der Waals surface area contributed by atoms with Crippen molar-refractivity contribution < 1.29 is 27.4 Å². The summed E-state index contributed by atoms with van der Waals surface area (Å²) in [5, 5.41) is 2.94. The number of ether oxygens (including phenoxy) is 3. The van der Waals surface area contributed by atoms with Crippen molar-refractivity contribution in [2.45, 2.75) is 24.2 Å². The van der Waals surface area contributed by atoms with Gasteiger partial charge in [-0.05, 0) is 35.9 Å². The normalized spacial score (nSPS) is 17.1. The van der Waals surface area contributed by atoms with Gasteiger partial charge in [0.05, 0.1) is 18.1 Å². The maximum Gasteiger partial charge on any atom is 0.251 e. The van der Waals surface area contributed by atoms with Crippen molar-refractivity contribution in [3.8, 4) is 11.5 Å². The largest absolute Gasteiger partial charge is 0.486 e. The number of fused-ring (bicyclic) bond motifs is 1. The average Bonchev–Trinajstić information content (AvgIpc) is 2.83. The van der Waals surface area contributed by atoms with Crippen LogP contribution in [0.5, 0.6) is 11.5 Å². The fourth-order valence-electron chi connectivity index (χ4n) is 3.70. The summed E-state index contributed by atoms with van der Waals surface area (Å²) in [5.74, 6) is 1.10. The van der Waals surface area contributed by atoms with Gasteiger partial charge in [-0.3, -0.25) is 4.79 Å². The number of hydrogen-bond acceptors (Lipinski definition) is 6. The fraction of sp³-hybridized carbons (Fsp3) is 0.435. The Morgan fingerprint density at radius 1 is 1.00 bits per heavy atom. The molecule has 1 fully saturated rings. The van der Waals surface area contributed by atoms with Gasteiger partial charge < -0.3 is 19.5 Å². The number of morpholine rings is 1. The molecule has 32 heavy (non-hydrogen) atoms. The smallest absolute Gasteiger partial charge is 0.251 e. The third-order valence-electron chi connectivity index (χ3n) is 5.72. The molecule has 8 nitrogen and oxygen atoms in total. The first-order chi connectivity index (χ1) is 15.3.